The van der Waals surface area contributed by atoms with Gasteiger partial charge in [0.05, 0.1) is 12.7 Å². The maximum atomic E-state index is 11.9. The monoisotopic (exact) mass is 255 g/mol. The van der Waals surface area contributed by atoms with E-state index in [1.807, 2.05) is 24.3 Å². The Morgan fingerprint density at radius 2 is 2.00 bits per heavy atom. The molecule has 0 spiro atoms. The highest BCUT2D eigenvalue weighted by Gasteiger charge is 2.19. The van der Waals surface area contributed by atoms with Crippen LogP contribution in [0.15, 0.2) is 36.5 Å². The van der Waals surface area contributed by atoms with Crippen LogP contribution in [0.3, 0.4) is 0 Å². The molecule has 0 amide bonds. The summed E-state index contributed by atoms with van der Waals surface area (Å²) in [6.07, 6.45) is 5.66. The molecule has 0 radical (unpaired) electrons. The minimum absolute atomic E-state index is 0.272. The van der Waals surface area contributed by atoms with Crippen LogP contribution in [0.5, 0.6) is 0 Å². The number of ether oxygens (including phenoxy) is 1. The highest BCUT2D eigenvalue weighted by molar-refractivity contribution is 5.97. The molecule has 1 aromatic heterocycles. The molecule has 19 heavy (non-hydrogen) atoms. The minimum Gasteiger partial charge on any atom is -0.465 e. The normalized spacial score (nSPS) is 13.9. The van der Waals surface area contributed by atoms with Gasteiger partial charge in [-0.25, -0.2) is 4.79 Å². The van der Waals surface area contributed by atoms with Gasteiger partial charge in [-0.05, 0) is 37.0 Å². The van der Waals surface area contributed by atoms with E-state index < -0.39 is 0 Å². The van der Waals surface area contributed by atoms with Gasteiger partial charge in [-0.3, -0.25) is 0 Å². The summed E-state index contributed by atoms with van der Waals surface area (Å²) >= 11 is 0. The summed E-state index contributed by atoms with van der Waals surface area (Å²) in [4.78, 5) is 11.9. The molecule has 0 aliphatic carbocycles. The van der Waals surface area contributed by atoms with Gasteiger partial charge in [0.25, 0.3) is 0 Å². The van der Waals surface area contributed by atoms with Crippen LogP contribution in [0.1, 0.15) is 28.9 Å². The molecule has 0 bridgehead atoms. The summed E-state index contributed by atoms with van der Waals surface area (Å²) in [6, 6.07) is 9.78. The first-order valence-corrected chi connectivity index (χ1v) is 6.67. The van der Waals surface area contributed by atoms with E-state index in [-0.39, 0.29) is 5.97 Å². The molecule has 0 atom stereocenters. The number of methoxy groups -OCH3 is 1. The third-order valence-corrected chi connectivity index (χ3v) is 3.76. The second kappa shape index (κ2) is 4.92. The van der Waals surface area contributed by atoms with Gasteiger partial charge in [-0.1, -0.05) is 18.2 Å². The topological polar surface area (TPSA) is 31.2 Å². The van der Waals surface area contributed by atoms with Crippen LogP contribution in [0, 0.1) is 0 Å². The van der Waals surface area contributed by atoms with Crippen LogP contribution < -0.4 is 0 Å². The average Bonchev–Trinajstić information content (AvgIpc) is 2.90. The standard InChI is InChI=1S/C16H17NO2/c1-19-16(18)14-7-3-2-6-12(14)13-9-11-17-10-5-4-8-15(13)17/h2-3,6-7,9,11H,4-5,8,10H2,1H3. The lowest BCUT2D eigenvalue weighted by Crippen LogP contribution is -2.10. The largest absolute Gasteiger partial charge is 0.465 e. The lowest BCUT2D eigenvalue weighted by molar-refractivity contribution is 0.0601. The second-order valence-electron chi connectivity index (χ2n) is 4.86. The van der Waals surface area contributed by atoms with Crippen molar-refractivity contribution in [3.8, 4) is 11.1 Å². The van der Waals surface area contributed by atoms with E-state index in [2.05, 4.69) is 16.8 Å². The van der Waals surface area contributed by atoms with Crippen molar-refractivity contribution >= 4 is 5.97 Å². The first-order valence-electron chi connectivity index (χ1n) is 6.67. The highest BCUT2D eigenvalue weighted by atomic mass is 16.5. The van der Waals surface area contributed by atoms with Crippen LogP contribution in [0.4, 0.5) is 0 Å². The molecule has 1 aliphatic heterocycles. The zero-order valence-corrected chi connectivity index (χ0v) is 11.1. The molecular weight excluding hydrogens is 238 g/mol. The van der Waals surface area contributed by atoms with Gasteiger partial charge in [0.1, 0.15) is 0 Å². The van der Waals surface area contributed by atoms with Gasteiger partial charge in [0, 0.05) is 24.0 Å². The fourth-order valence-electron chi connectivity index (χ4n) is 2.82. The van der Waals surface area contributed by atoms with Gasteiger partial charge >= 0.3 is 5.97 Å². The molecule has 0 unspecified atom stereocenters. The summed E-state index contributed by atoms with van der Waals surface area (Å²) in [5.74, 6) is -0.272. The van der Waals surface area contributed by atoms with Crippen LogP contribution >= 0.6 is 0 Å². The van der Waals surface area contributed by atoms with Gasteiger partial charge in [0.2, 0.25) is 0 Å². The van der Waals surface area contributed by atoms with Crippen molar-refractivity contribution in [3.05, 3.63) is 47.8 Å². The molecule has 3 nitrogen and oxygen atoms in total. The van der Waals surface area contributed by atoms with Gasteiger partial charge in [-0.2, -0.15) is 0 Å². The summed E-state index contributed by atoms with van der Waals surface area (Å²) in [5.41, 5.74) is 4.12. The van der Waals surface area contributed by atoms with Crippen LogP contribution in [-0.2, 0) is 17.7 Å². The Morgan fingerprint density at radius 3 is 2.84 bits per heavy atom. The number of hydrogen-bond acceptors (Lipinski definition) is 2. The summed E-state index contributed by atoms with van der Waals surface area (Å²) in [5, 5.41) is 0. The second-order valence-corrected chi connectivity index (χ2v) is 4.86. The molecule has 2 aromatic rings. The first kappa shape index (κ1) is 12.0. The number of esters is 1. The zero-order valence-electron chi connectivity index (χ0n) is 11.1. The van der Waals surface area contributed by atoms with Gasteiger partial charge in [-0.15, -0.1) is 0 Å². The Balaban J connectivity index is 2.12. The molecule has 3 heteroatoms. The molecular formula is C16H17NO2. The van der Waals surface area contributed by atoms with Gasteiger partial charge in [0.15, 0.2) is 0 Å². The van der Waals surface area contributed by atoms with Crippen LogP contribution in [0.25, 0.3) is 11.1 Å². The summed E-state index contributed by atoms with van der Waals surface area (Å²) in [7, 11) is 1.42. The Labute approximate surface area is 112 Å². The molecule has 98 valence electrons. The molecule has 3 rings (SSSR count). The van der Waals surface area contributed by atoms with E-state index in [1.165, 1.54) is 31.2 Å². The van der Waals surface area contributed by atoms with Crippen molar-refractivity contribution in [3.63, 3.8) is 0 Å². The number of benzene rings is 1. The molecule has 0 saturated heterocycles. The van der Waals surface area contributed by atoms with E-state index in [0.717, 1.165) is 18.5 Å². The van der Waals surface area contributed by atoms with E-state index in [0.29, 0.717) is 5.56 Å². The fraction of sp³-hybridized carbons (Fsp3) is 0.312. The van der Waals surface area contributed by atoms with Crippen LogP contribution in [-0.4, -0.2) is 17.6 Å². The molecule has 1 aliphatic rings. The SMILES string of the molecule is COC(=O)c1ccccc1-c1ccn2c1CCCC2. The number of carbonyl (C=O) groups excluding carboxylic acids is 1. The Bertz CT molecular complexity index is 613. The van der Waals surface area contributed by atoms with Crippen molar-refractivity contribution in [2.75, 3.05) is 7.11 Å². The number of aryl methyl sites for hydroxylation is 1. The Hall–Kier alpha value is -2.03. The molecule has 0 fully saturated rings. The maximum absolute atomic E-state index is 11.9. The first-order chi connectivity index (χ1) is 9.31. The smallest absolute Gasteiger partial charge is 0.338 e. The van der Waals surface area contributed by atoms with E-state index in [9.17, 15) is 4.79 Å². The average molecular weight is 255 g/mol. The summed E-state index contributed by atoms with van der Waals surface area (Å²) in [6.45, 7) is 1.08. The van der Waals surface area contributed by atoms with E-state index >= 15 is 0 Å². The fourth-order valence-corrected chi connectivity index (χ4v) is 2.82. The zero-order chi connectivity index (χ0) is 13.2. The van der Waals surface area contributed by atoms with Crippen LogP contribution in [0.2, 0.25) is 0 Å². The van der Waals surface area contributed by atoms with Gasteiger partial charge < -0.3 is 9.30 Å². The number of hydrogen-bond donors (Lipinski definition) is 0. The quantitative estimate of drug-likeness (QED) is 0.771. The number of rotatable bonds is 2. The highest BCUT2D eigenvalue weighted by Crippen LogP contribution is 2.31. The predicted molar refractivity (Wildman–Crippen MR) is 74.1 cm³/mol. The molecule has 0 saturated carbocycles. The molecule has 1 aromatic carbocycles. The van der Waals surface area contributed by atoms with Crippen molar-refractivity contribution in [2.45, 2.75) is 25.8 Å². The van der Waals surface area contributed by atoms with E-state index in [4.69, 9.17) is 4.74 Å². The third kappa shape index (κ3) is 2.05. The lowest BCUT2D eigenvalue weighted by atomic mass is 9.97. The van der Waals surface area contributed by atoms with Crippen molar-refractivity contribution in [1.29, 1.82) is 0 Å². The number of aromatic nitrogens is 1. The minimum atomic E-state index is -0.272. The number of carbonyl (C=O) groups is 1. The van der Waals surface area contributed by atoms with E-state index in [1.54, 1.807) is 0 Å². The summed E-state index contributed by atoms with van der Waals surface area (Å²) < 4.78 is 7.17. The third-order valence-electron chi connectivity index (χ3n) is 3.76. The molecule has 0 N–H and O–H groups in total. The Kier molecular flexibility index (Phi) is 3.11. The lowest BCUT2D eigenvalue weighted by Gasteiger charge is -2.17. The Morgan fingerprint density at radius 1 is 1.16 bits per heavy atom. The maximum Gasteiger partial charge on any atom is 0.338 e. The predicted octanol–water partition coefficient (Wildman–Crippen LogP) is 3.28. The van der Waals surface area contributed by atoms with Crippen molar-refractivity contribution in [2.24, 2.45) is 0 Å². The van der Waals surface area contributed by atoms with Crippen molar-refractivity contribution < 1.29 is 9.53 Å². The number of nitrogens with zero attached hydrogens (tertiary/aromatic N) is 1. The van der Waals surface area contributed by atoms with Crippen molar-refractivity contribution in [1.82, 2.24) is 4.57 Å². The molecule has 2 heterocycles. The number of fused-ring (bicyclic) bond motifs is 1.